The summed E-state index contributed by atoms with van der Waals surface area (Å²) in [7, 11) is 0. The third-order valence-electron chi connectivity index (χ3n) is 3.64. The zero-order chi connectivity index (χ0) is 15.9. The van der Waals surface area contributed by atoms with Gasteiger partial charge in [-0.1, -0.05) is 37.3 Å². The first-order chi connectivity index (χ1) is 10.6. The molecule has 0 spiro atoms. The van der Waals surface area contributed by atoms with Gasteiger partial charge >= 0.3 is 0 Å². The fraction of sp³-hybridized carbons (Fsp3) is 0.333. The molecule has 0 aliphatic carbocycles. The van der Waals surface area contributed by atoms with Crippen LogP contribution >= 0.6 is 11.3 Å². The number of ketones is 1. The lowest BCUT2D eigenvalue weighted by Crippen LogP contribution is -2.26. The van der Waals surface area contributed by atoms with Gasteiger partial charge in [0.05, 0.1) is 10.9 Å². The molecule has 0 saturated carbocycles. The number of carbonyl (C=O) groups excluding carboxylic acids is 2. The molecule has 1 aromatic heterocycles. The molecule has 0 bridgehead atoms. The number of benzene rings is 1. The van der Waals surface area contributed by atoms with E-state index in [0.29, 0.717) is 0 Å². The Morgan fingerprint density at radius 2 is 1.86 bits per heavy atom. The van der Waals surface area contributed by atoms with E-state index in [1.165, 1.54) is 16.9 Å². The van der Waals surface area contributed by atoms with E-state index in [2.05, 4.69) is 24.4 Å². The van der Waals surface area contributed by atoms with E-state index in [1.54, 1.807) is 6.07 Å². The number of amides is 1. The summed E-state index contributed by atoms with van der Waals surface area (Å²) in [6, 6.07) is 11.8. The van der Waals surface area contributed by atoms with Gasteiger partial charge in [0.1, 0.15) is 0 Å². The normalized spacial score (nSPS) is 11.9. The fourth-order valence-electron chi connectivity index (χ4n) is 2.23. The summed E-state index contributed by atoms with van der Waals surface area (Å²) in [5.74, 6) is -0.0536. The summed E-state index contributed by atoms with van der Waals surface area (Å²) in [4.78, 5) is 24.5. The SMILES string of the molecule is CCc1ccc(C(C)NC(=O)CCC(=O)c2cccs2)cc1. The summed E-state index contributed by atoms with van der Waals surface area (Å²) < 4.78 is 0. The van der Waals surface area contributed by atoms with Crippen LogP contribution in [-0.2, 0) is 11.2 Å². The van der Waals surface area contributed by atoms with Gasteiger partial charge in [0.2, 0.25) is 5.91 Å². The molecule has 2 aromatic rings. The first-order valence-corrected chi connectivity index (χ1v) is 8.43. The van der Waals surface area contributed by atoms with Crippen LogP contribution in [0.15, 0.2) is 41.8 Å². The van der Waals surface area contributed by atoms with Crippen LogP contribution in [0.5, 0.6) is 0 Å². The van der Waals surface area contributed by atoms with Crippen LogP contribution < -0.4 is 5.32 Å². The zero-order valence-electron chi connectivity index (χ0n) is 13.0. The number of aryl methyl sites for hydroxylation is 1. The molecule has 0 fully saturated rings. The van der Waals surface area contributed by atoms with Gasteiger partial charge in [-0.25, -0.2) is 0 Å². The maximum atomic E-state index is 12.0. The molecular formula is C18H21NO2S. The number of nitrogens with one attached hydrogen (secondary N) is 1. The average molecular weight is 315 g/mol. The van der Waals surface area contributed by atoms with Gasteiger partial charge < -0.3 is 5.32 Å². The minimum atomic E-state index is -0.0861. The molecule has 1 N–H and O–H groups in total. The van der Waals surface area contributed by atoms with Crippen LogP contribution in [0.4, 0.5) is 0 Å². The summed E-state index contributed by atoms with van der Waals surface area (Å²) in [6.07, 6.45) is 1.49. The van der Waals surface area contributed by atoms with E-state index >= 15 is 0 Å². The van der Waals surface area contributed by atoms with Gasteiger partial charge in [-0.05, 0) is 35.9 Å². The standard InChI is InChI=1S/C18H21NO2S/c1-3-14-6-8-15(9-7-14)13(2)19-18(21)11-10-16(20)17-5-4-12-22-17/h4-9,12-13H,3,10-11H2,1-2H3,(H,19,21). The first-order valence-electron chi connectivity index (χ1n) is 7.55. The number of Topliss-reactive ketones (excluding diaryl/α,β-unsaturated/α-hetero) is 1. The van der Waals surface area contributed by atoms with Crippen LogP contribution in [-0.4, -0.2) is 11.7 Å². The minimum Gasteiger partial charge on any atom is -0.350 e. The van der Waals surface area contributed by atoms with Crippen LogP contribution in [0.25, 0.3) is 0 Å². The van der Waals surface area contributed by atoms with Gasteiger partial charge in [-0.15, -0.1) is 11.3 Å². The highest BCUT2D eigenvalue weighted by atomic mass is 32.1. The number of rotatable bonds is 7. The second-order valence-electron chi connectivity index (χ2n) is 5.28. The van der Waals surface area contributed by atoms with E-state index in [9.17, 15) is 9.59 Å². The quantitative estimate of drug-likeness (QED) is 0.780. The van der Waals surface area contributed by atoms with Gasteiger partial charge in [0.15, 0.2) is 5.78 Å². The lowest BCUT2D eigenvalue weighted by atomic mass is 10.0. The van der Waals surface area contributed by atoms with Crippen molar-refractivity contribution >= 4 is 23.0 Å². The van der Waals surface area contributed by atoms with Gasteiger partial charge in [0.25, 0.3) is 0 Å². The maximum absolute atomic E-state index is 12.0. The largest absolute Gasteiger partial charge is 0.350 e. The summed E-state index contributed by atoms with van der Waals surface area (Å²) in [5, 5.41) is 4.82. The molecule has 4 heteroatoms. The van der Waals surface area contributed by atoms with Crippen molar-refractivity contribution in [2.45, 2.75) is 39.2 Å². The summed E-state index contributed by atoms with van der Waals surface area (Å²) >= 11 is 1.42. The Morgan fingerprint density at radius 3 is 2.45 bits per heavy atom. The molecule has 1 aromatic carbocycles. The van der Waals surface area contributed by atoms with Crippen molar-refractivity contribution in [2.75, 3.05) is 0 Å². The lowest BCUT2D eigenvalue weighted by Gasteiger charge is -2.14. The molecule has 116 valence electrons. The fourth-order valence-corrected chi connectivity index (χ4v) is 2.92. The van der Waals surface area contributed by atoms with E-state index in [-0.39, 0.29) is 30.6 Å². The minimum absolute atomic E-state index is 0.0325. The molecule has 0 aliphatic heterocycles. The highest BCUT2D eigenvalue weighted by molar-refractivity contribution is 7.12. The van der Waals surface area contributed by atoms with Crippen molar-refractivity contribution in [3.05, 3.63) is 57.8 Å². The Kier molecular flexibility index (Phi) is 5.90. The molecule has 1 atom stereocenters. The third kappa shape index (κ3) is 4.53. The number of carbonyl (C=O) groups is 2. The molecule has 1 amide bonds. The van der Waals surface area contributed by atoms with E-state index in [0.717, 1.165) is 16.9 Å². The first kappa shape index (κ1) is 16.4. The highest BCUT2D eigenvalue weighted by Gasteiger charge is 2.13. The lowest BCUT2D eigenvalue weighted by molar-refractivity contribution is -0.121. The van der Waals surface area contributed by atoms with Crippen molar-refractivity contribution in [2.24, 2.45) is 0 Å². The van der Waals surface area contributed by atoms with Gasteiger partial charge in [-0.3, -0.25) is 9.59 Å². The highest BCUT2D eigenvalue weighted by Crippen LogP contribution is 2.15. The number of hydrogen-bond acceptors (Lipinski definition) is 3. The maximum Gasteiger partial charge on any atom is 0.220 e. The average Bonchev–Trinajstić information content (AvgIpc) is 3.07. The number of hydrogen-bond donors (Lipinski definition) is 1. The van der Waals surface area contributed by atoms with Crippen LogP contribution in [0.1, 0.15) is 53.5 Å². The number of thiophene rings is 1. The van der Waals surface area contributed by atoms with Gasteiger partial charge in [-0.2, -0.15) is 0 Å². The zero-order valence-corrected chi connectivity index (χ0v) is 13.8. The summed E-state index contributed by atoms with van der Waals surface area (Å²) in [6.45, 7) is 4.07. The molecule has 0 aliphatic rings. The van der Waals surface area contributed by atoms with Crippen LogP contribution in [0.3, 0.4) is 0 Å². The Bertz CT molecular complexity index is 617. The molecule has 1 unspecified atom stereocenters. The second kappa shape index (κ2) is 7.90. The monoisotopic (exact) mass is 315 g/mol. The second-order valence-corrected chi connectivity index (χ2v) is 6.23. The molecule has 1 heterocycles. The predicted octanol–water partition coefficient (Wildman–Crippen LogP) is 4.15. The third-order valence-corrected chi connectivity index (χ3v) is 4.55. The Morgan fingerprint density at radius 1 is 1.14 bits per heavy atom. The molecule has 0 radical (unpaired) electrons. The molecule has 22 heavy (non-hydrogen) atoms. The smallest absolute Gasteiger partial charge is 0.220 e. The summed E-state index contributed by atoms with van der Waals surface area (Å²) in [5.41, 5.74) is 2.36. The van der Waals surface area contributed by atoms with Crippen LogP contribution in [0.2, 0.25) is 0 Å². The van der Waals surface area contributed by atoms with Crippen molar-refractivity contribution in [1.82, 2.24) is 5.32 Å². The predicted molar refractivity (Wildman–Crippen MR) is 90.3 cm³/mol. The Labute approximate surface area is 135 Å². The molecule has 3 nitrogen and oxygen atoms in total. The Hall–Kier alpha value is -1.94. The van der Waals surface area contributed by atoms with Crippen molar-refractivity contribution in [3.63, 3.8) is 0 Å². The van der Waals surface area contributed by atoms with Crippen molar-refractivity contribution < 1.29 is 9.59 Å². The van der Waals surface area contributed by atoms with Crippen molar-refractivity contribution in [1.29, 1.82) is 0 Å². The van der Waals surface area contributed by atoms with E-state index < -0.39 is 0 Å². The van der Waals surface area contributed by atoms with E-state index in [1.807, 2.05) is 30.5 Å². The molecule has 2 rings (SSSR count). The van der Waals surface area contributed by atoms with E-state index in [4.69, 9.17) is 0 Å². The topological polar surface area (TPSA) is 46.2 Å². The molecular weight excluding hydrogens is 294 g/mol. The Balaban J connectivity index is 1.81. The van der Waals surface area contributed by atoms with Gasteiger partial charge in [0, 0.05) is 12.8 Å². The van der Waals surface area contributed by atoms with Crippen LogP contribution in [0, 0.1) is 0 Å². The molecule has 0 saturated heterocycles. The van der Waals surface area contributed by atoms with Crippen molar-refractivity contribution in [3.8, 4) is 0 Å².